The van der Waals surface area contributed by atoms with Gasteiger partial charge in [-0.3, -0.25) is 4.79 Å². The molecule has 32 heavy (non-hydrogen) atoms. The molecule has 9 nitrogen and oxygen atoms in total. The van der Waals surface area contributed by atoms with Crippen LogP contribution in [0.15, 0.2) is 41.4 Å². The molecule has 0 atom stereocenters. The Balaban J connectivity index is 1.53. The minimum atomic E-state index is -3.63. The van der Waals surface area contributed by atoms with E-state index in [9.17, 15) is 13.2 Å². The summed E-state index contributed by atoms with van der Waals surface area (Å²) in [7, 11) is -2.10. The quantitative estimate of drug-likeness (QED) is 0.584. The summed E-state index contributed by atoms with van der Waals surface area (Å²) in [6, 6.07) is 8.22. The van der Waals surface area contributed by atoms with Gasteiger partial charge in [-0.1, -0.05) is 0 Å². The van der Waals surface area contributed by atoms with Gasteiger partial charge < -0.3 is 9.64 Å². The number of sulfonamides is 1. The second kappa shape index (κ2) is 8.51. The number of methoxy groups -OCH3 is 1. The van der Waals surface area contributed by atoms with Crippen molar-refractivity contribution in [2.24, 2.45) is 0 Å². The summed E-state index contributed by atoms with van der Waals surface area (Å²) in [4.78, 5) is 19.8. The second-order valence-electron chi connectivity index (χ2n) is 8.10. The average molecular weight is 458 g/mol. The monoisotopic (exact) mass is 457 g/mol. The van der Waals surface area contributed by atoms with Gasteiger partial charge in [0.2, 0.25) is 10.0 Å². The number of carbonyl (C=O) groups excluding carboxylic acids is 1. The number of hydrogen-bond donors (Lipinski definition) is 0. The Kier molecular flexibility index (Phi) is 5.91. The van der Waals surface area contributed by atoms with Crippen LogP contribution in [0.5, 0.6) is 5.75 Å². The largest absolute Gasteiger partial charge is 0.497 e. The molecule has 170 valence electrons. The zero-order chi connectivity index (χ0) is 23.0. The molecule has 0 N–H and O–H groups in total. The molecule has 1 amide bonds. The van der Waals surface area contributed by atoms with Crippen molar-refractivity contribution in [2.75, 3.05) is 33.3 Å². The van der Waals surface area contributed by atoms with E-state index in [0.717, 1.165) is 5.69 Å². The highest BCUT2D eigenvalue weighted by atomic mass is 32.2. The first-order valence-electron chi connectivity index (χ1n) is 10.5. The third-order valence-electron chi connectivity index (χ3n) is 5.64. The molecule has 1 aliphatic heterocycles. The van der Waals surface area contributed by atoms with Crippen LogP contribution in [-0.4, -0.2) is 71.6 Å². The topological polar surface area (TPSA) is 97.6 Å². The van der Waals surface area contributed by atoms with Crippen LogP contribution in [-0.2, 0) is 10.0 Å². The summed E-state index contributed by atoms with van der Waals surface area (Å²) in [5, 5.41) is 5.11. The van der Waals surface area contributed by atoms with Crippen molar-refractivity contribution in [3.8, 4) is 5.75 Å². The van der Waals surface area contributed by atoms with Gasteiger partial charge in [-0.2, -0.15) is 9.40 Å². The molecule has 4 rings (SSSR count). The van der Waals surface area contributed by atoms with Crippen molar-refractivity contribution in [3.63, 3.8) is 0 Å². The Morgan fingerprint density at radius 1 is 1.09 bits per heavy atom. The number of fused-ring (bicyclic) bond motifs is 1. The highest BCUT2D eigenvalue weighted by Gasteiger charge is 2.31. The van der Waals surface area contributed by atoms with Crippen molar-refractivity contribution in [3.05, 3.63) is 47.8 Å². The summed E-state index contributed by atoms with van der Waals surface area (Å²) in [6.45, 7) is 6.98. The summed E-state index contributed by atoms with van der Waals surface area (Å²) in [6.07, 6.45) is 1.68. The third-order valence-corrected chi connectivity index (χ3v) is 7.55. The first-order chi connectivity index (χ1) is 15.2. The van der Waals surface area contributed by atoms with Gasteiger partial charge in [-0.25, -0.2) is 18.1 Å². The summed E-state index contributed by atoms with van der Waals surface area (Å²) < 4.78 is 34.3. The molecule has 0 unspecified atom stereocenters. The predicted molar refractivity (Wildman–Crippen MR) is 120 cm³/mol. The Morgan fingerprint density at radius 2 is 1.75 bits per heavy atom. The zero-order valence-corrected chi connectivity index (χ0v) is 19.5. The van der Waals surface area contributed by atoms with Crippen LogP contribution in [0.4, 0.5) is 0 Å². The van der Waals surface area contributed by atoms with E-state index in [1.54, 1.807) is 34.0 Å². The molecule has 1 aliphatic rings. The van der Waals surface area contributed by atoms with Gasteiger partial charge in [0.05, 0.1) is 29.2 Å². The predicted octanol–water partition coefficient (Wildman–Crippen LogP) is 2.48. The molecule has 0 spiro atoms. The first kappa shape index (κ1) is 22.2. The normalized spacial score (nSPS) is 15.5. The number of aromatic nitrogens is 3. The SMILES string of the molecule is COc1ccc(S(=O)(=O)N2CCN(C(=O)c3cc(C)nc4c3cnn4C(C)C)CC2)cc1. The molecule has 10 heteroatoms. The average Bonchev–Trinajstić information content (AvgIpc) is 3.22. The van der Waals surface area contributed by atoms with E-state index in [2.05, 4.69) is 10.1 Å². The molecule has 0 aliphatic carbocycles. The summed E-state index contributed by atoms with van der Waals surface area (Å²) >= 11 is 0. The highest BCUT2D eigenvalue weighted by Crippen LogP contribution is 2.24. The van der Waals surface area contributed by atoms with Crippen molar-refractivity contribution < 1.29 is 17.9 Å². The molecule has 0 bridgehead atoms. The lowest BCUT2D eigenvalue weighted by atomic mass is 10.1. The number of ether oxygens (including phenoxy) is 1. The van der Waals surface area contributed by atoms with Crippen molar-refractivity contribution in [2.45, 2.75) is 31.7 Å². The fraction of sp³-hybridized carbons (Fsp3) is 0.409. The van der Waals surface area contributed by atoms with Crippen molar-refractivity contribution in [1.29, 1.82) is 0 Å². The van der Waals surface area contributed by atoms with Gasteiger partial charge in [0, 0.05) is 37.9 Å². The van der Waals surface area contributed by atoms with Crippen LogP contribution >= 0.6 is 0 Å². The number of carbonyl (C=O) groups is 1. The Morgan fingerprint density at radius 3 is 2.34 bits per heavy atom. The first-order valence-corrected chi connectivity index (χ1v) is 11.9. The standard InChI is InChI=1S/C22H27N5O4S/c1-15(2)27-21-20(14-23-27)19(13-16(3)24-21)22(28)25-9-11-26(12-10-25)32(29,30)18-7-5-17(31-4)6-8-18/h5-8,13-15H,9-12H2,1-4H3. The van der Waals surface area contributed by atoms with E-state index >= 15 is 0 Å². The van der Waals surface area contributed by atoms with Crippen LogP contribution in [0.1, 0.15) is 35.9 Å². The minimum absolute atomic E-state index is 0.122. The maximum absolute atomic E-state index is 13.3. The maximum Gasteiger partial charge on any atom is 0.254 e. The van der Waals surface area contributed by atoms with Gasteiger partial charge in [0.1, 0.15) is 5.75 Å². The van der Waals surface area contributed by atoms with E-state index in [1.807, 2.05) is 20.8 Å². The fourth-order valence-corrected chi connectivity index (χ4v) is 5.32. The smallest absolute Gasteiger partial charge is 0.254 e. The molecule has 0 saturated carbocycles. The Hall–Kier alpha value is -2.98. The number of amides is 1. The number of aryl methyl sites for hydroxylation is 1. The molecule has 1 aromatic carbocycles. The lowest BCUT2D eigenvalue weighted by Gasteiger charge is -2.34. The van der Waals surface area contributed by atoms with E-state index in [4.69, 9.17) is 4.74 Å². The number of piperazine rings is 1. The fourth-order valence-electron chi connectivity index (χ4n) is 3.90. The van der Waals surface area contributed by atoms with E-state index < -0.39 is 10.0 Å². The van der Waals surface area contributed by atoms with Crippen LogP contribution in [0.2, 0.25) is 0 Å². The molecule has 1 fully saturated rings. The van der Waals surface area contributed by atoms with E-state index in [1.165, 1.54) is 23.5 Å². The Labute approximate surface area is 187 Å². The lowest BCUT2D eigenvalue weighted by molar-refractivity contribution is 0.0699. The molecule has 3 aromatic rings. The summed E-state index contributed by atoms with van der Waals surface area (Å²) in [5.74, 6) is 0.462. The number of rotatable bonds is 5. The number of hydrogen-bond acceptors (Lipinski definition) is 6. The molecule has 1 saturated heterocycles. The van der Waals surface area contributed by atoms with Gasteiger partial charge in [-0.15, -0.1) is 0 Å². The van der Waals surface area contributed by atoms with Gasteiger partial charge in [-0.05, 0) is 51.1 Å². The van der Waals surface area contributed by atoms with Crippen molar-refractivity contribution >= 4 is 27.0 Å². The molecule has 0 radical (unpaired) electrons. The van der Waals surface area contributed by atoms with Crippen LogP contribution in [0, 0.1) is 6.92 Å². The second-order valence-corrected chi connectivity index (χ2v) is 10.0. The molecular formula is C22H27N5O4S. The van der Waals surface area contributed by atoms with Crippen LogP contribution in [0.3, 0.4) is 0 Å². The minimum Gasteiger partial charge on any atom is -0.497 e. The Bertz CT molecular complexity index is 1240. The highest BCUT2D eigenvalue weighted by molar-refractivity contribution is 7.89. The molecular weight excluding hydrogens is 430 g/mol. The number of pyridine rings is 1. The summed E-state index contributed by atoms with van der Waals surface area (Å²) in [5.41, 5.74) is 1.97. The zero-order valence-electron chi connectivity index (χ0n) is 18.6. The van der Waals surface area contributed by atoms with Crippen LogP contribution < -0.4 is 4.74 Å². The lowest BCUT2D eigenvalue weighted by Crippen LogP contribution is -2.50. The van der Waals surface area contributed by atoms with E-state index in [0.29, 0.717) is 35.4 Å². The van der Waals surface area contributed by atoms with Crippen LogP contribution in [0.25, 0.3) is 11.0 Å². The van der Waals surface area contributed by atoms with Gasteiger partial charge in [0.15, 0.2) is 5.65 Å². The molecule has 3 heterocycles. The number of nitrogens with zero attached hydrogens (tertiary/aromatic N) is 5. The van der Waals surface area contributed by atoms with E-state index in [-0.39, 0.29) is 29.9 Å². The van der Waals surface area contributed by atoms with Gasteiger partial charge >= 0.3 is 0 Å². The number of benzene rings is 1. The molecule has 2 aromatic heterocycles. The van der Waals surface area contributed by atoms with Gasteiger partial charge in [0.25, 0.3) is 5.91 Å². The van der Waals surface area contributed by atoms with Crippen molar-refractivity contribution in [1.82, 2.24) is 24.0 Å². The maximum atomic E-state index is 13.3. The third kappa shape index (κ3) is 3.95.